The van der Waals surface area contributed by atoms with E-state index in [4.69, 9.17) is 9.26 Å². The lowest BCUT2D eigenvalue weighted by molar-refractivity contribution is -0.121. The molecule has 130 valence electrons. The van der Waals surface area contributed by atoms with Crippen LogP contribution in [0.4, 0.5) is 0 Å². The lowest BCUT2D eigenvalue weighted by Crippen LogP contribution is -2.26. The number of hydrogen-bond acceptors (Lipinski definition) is 6. The molecule has 0 radical (unpaired) electrons. The zero-order chi connectivity index (χ0) is 17.6. The largest absolute Gasteiger partial charge is 0.497 e. The molecule has 0 saturated heterocycles. The number of carbonyl (C=O) groups excluding carboxylic acids is 1. The van der Waals surface area contributed by atoms with E-state index in [2.05, 4.69) is 15.5 Å². The molecule has 0 aliphatic heterocycles. The average Bonchev–Trinajstić information content (AvgIpc) is 3.32. The van der Waals surface area contributed by atoms with E-state index in [-0.39, 0.29) is 11.9 Å². The molecule has 1 unspecified atom stereocenters. The van der Waals surface area contributed by atoms with Crippen molar-refractivity contribution in [2.75, 3.05) is 7.11 Å². The maximum absolute atomic E-state index is 12.1. The smallest absolute Gasteiger partial charge is 0.227 e. The molecule has 2 heterocycles. The van der Waals surface area contributed by atoms with Crippen molar-refractivity contribution in [2.24, 2.45) is 0 Å². The number of carbonyl (C=O) groups is 1. The maximum atomic E-state index is 12.1. The third-order valence-corrected chi connectivity index (χ3v) is 4.78. The highest BCUT2D eigenvalue weighted by molar-refractivity contribution is 7.10. The van der Waals surface area contributed by atoms with Crippen molar-refractivity contribution in [3.63, 3.8) is 0 Å². The first-order valence-electron chi connectivity index (χ1n) is 7.95. The molecule has 0 saturated carbocycles. The fraction of sp³-hybridized carbons (Fsp3) is 0.278. The zero-order valence-corrected chi connectivity index (χ0v) is 14.9. The van der Waals surface area contributed by atoms with Gasteiger partial charge in [0, 0.05) is 23.3 Å². The number of hydrogen-bond donors (Lipinski definition) is 1. The van der Waals surface area contributed by atoms with Gasteiger partial charge in [0.25, 0.3) is 0 Å². The van der Waals surface area contributed by atoms with Crippen molar-refractivity contribution in [2.45, 2.75) is 25.8 Å². The van der Waals surface area contributed by atoms with Gasteiger partial charge in [0.05, 0.1) is 13.2 Å². The maximum Gasteiger partial charge on any atom is 0.227 e. The van der Waals surface area contributed by atoms with E-state index in [1.165, 1.54) is 0 Å². The molecular formula is C18H19N3O3S. The Kier molecular flexibility index (Phi) is 5.45. The predicted molar refractivity (Wildman–Crippen MR) is 95.5 cm³/mol. The van der Waals surface area contributed by atoms with Crippen LogP contribution in [-0.2, 0) is 11.2 Å². The molecular weight excluding hydrogens is 338 g/mol. The van der Waals surface area contributed by atoms with E-state index >= 15 is 0 Å². The van der Waals surface area contributed by atoms with Gasteiger partial charge in [-0.1, -0.05) is 11.2 Å². The van der Waals surface area contributed by atoms with Crippen LogP contribution in [-0.4, -0.2) is 23.2 Å². The normalized spacial score (nSPS) is 11.9. The Morgan fingerprint density at radius 3 is 2.80 bits per heavy atom. The molecule has 1 N–H and O–H groups in total. The Hall–Kier alpha value is -2.67. The Labute approximate surface area is 149 Å². The van der Waals surface area contributed by atoms with Crippen LogP contribution in [0.1, 0.15) is 30.2 Å². The van der Waals surface area contributed by atoms with Crippen LogP contribution in [0.3, 0.4) is 0 Å². The molecule has 1 amide bonds. The lowest BCUT2D eigenvalue weighted by atomic mass is 10.2. The van der Waals surface area contributed by atoms with Crippen molar-refractivity contribution in [3.05, 3.63) is 52.5 Å². The van der Waals surface area contributed by atoms with E-state index in [1.807, 2.05) is 48.7 Å². The van der Waals surface area contributed by atoms with Gasteiger partial charge in [-0.2, -0.15) is 4.98 Å². The highest BCUT2D eigenvalue weighted by atomic mass is 32.1. The molecule has 3 aromatic rings. The van der Waals surface area contributed by atoms with Crippen LogP contribution in [0.25, 0.3) is 11.4 Å². The SMILES string of the molecule is COc1ccc(-c2noc(CCC(=O)NC(C)c3cccs3)n2)cc1. The predicted octanol–water partition coefficient (Wildman–Crippen LogP) is 3.62. The minimum absolute atomic E-state index is 0.00467. The fourth-order valence-corrected chi connectivity index (χ4v) is 3.09. The number of nitrogens with zero attached hydrogens (tertiary/aromatic N) is 2. The summed E-state index contributed by atoms with van der Waals surface area (Å²) in [5.41, 5.74) is 0.839. The summed E-state index contributed by atoms with van der Waals surface area (Å²) in [6.07, 6.45) is 0.714. The minimum atomic E-state index is -0.0369. The summed E-state index contributed by atoms with van der Waals surface area (Å²) in [6, 6.07) is 11.4. The molecule has 1 atom stereocenters. The first kappa shape index (κ1) is 17.2. The van der Waals surface area contributed by atoms with E-state index in [9.17, 15) is 4.79 Å². The van der Waals surface area contributed by atoms with Gasteiger partial charge < -0.3 is 14.6 Å². The summed E-state index contributed by atoms with van der Waals surface area (Å²) in [7, 11) is 1.62. The van der Waals surface area contributed by atoms with Gasteiger partial charge in [0.1, 0.15) is 5.75 Å². The Balaban J connectivity index is 1.53. The number of methoxy groups -OCH3 is 1. The topological polar surface area (TPSA) is 77.2 Å². The molecule has 0 fully saturated rings. The van der Waals surface area contributed by atoms with E-state index in [0.29, 0.717) is 24.6 Å². The number of aromatic nitrogens is 2. The molecule has 7 heteroatoms. The molecule has 0 aliphatic rings. The third-order valence-electron chi connectivity index (χ3n) is 3.73. The van der Waals surface area contributed by atoms with Gasteiger partial charge in [-0.25, -0.2) is 0 Å². The first-order chi connectivity index (χ1) is 12.2. The number of amides is 1. The van der Waals surface area contributed by atoms with Gasteiger partial charge >= 0.3 is 0 Å². The molecule has 0 aliphatic carbocycles. The van der Waals surface area contributed by atoms with E-state index in [1.54, 1.807) is 18.4 Å². The summed E-state index contributed by atoms with van der Waals surface area (Å²) in [4.78, 5) is 17.5. The van der Waals surface area contributed by atoms with Crippen molar-refractivity contribution >= 4 is 17.2 Å². The van der Waals surface area contributed by atoms with Crippen LogP contribution in [0, 0.1) is 0 Å². The summed E-state index contributed by atoms with van der Waals surface area (Å²) < 4.78 is 10.4. The second-order valence-corrected chi connectivity index (χ2v) is 6.52. The van der Waals surface area contributed by atoms with Crippen LogP contribution in [0.5, 0.6) is 5.75 Å². The van der Waals surface area contributed by atoms with Crippen molar-refractivity contribution in [3.8, 4) is 17.1 Å². The van der Waals surface area contributed by atoms with Gasteiger partial charge in [-0.15, -0.1) is 11.3 Å². The number of rotatable bonds is 7. The van der Waals surface area contributed by atoms with Crippen LogP contribution < -0.4 is 10.1 Å². The van der Waals surface area contributed by atoms with Gasteiger partial charge in [-0.05, 0) is 42.6 Å². The van der Waals surface area contributed by atoms with E-state index < -0.39 is 0 Å². The van der Waals surface area contributed by atoms with Gasteiger partial charge in [0.15, 0.2) is 0 Å². The van der Waals surface area contributed by atoms with Crippen molar-refractivity contribution < 1.29 is 14.1 Å². The highest BCUT2D eigenvalue weighted by Gasteiger charge is 2.13. The Bertz CT molecular complexity index is 812. The monoisotopic (exact) mass is 357 g/mol. The van der Waals surface area contributed by atoms with Crippen LogP contribution in [0.15, 0.2) is 46.3 Å². The average molecular weight is 357 g/mol. The molecule has 0 spiro atoms. The van der Waals surface area contributed by atoms with Gasteiger partial charge in [-0.3, -0.25) is 4.79 Å². The zero-order valence-electron chi connectivity index (χ0n) is 14.1. The summed E-state index contributed by atoms with van der Waals surface area (Å²) in [5.74, 6) is 1.68. The first-order valence-corrected chi connectivity index (χ1v) is 8.83. The van der Waals surface area contributed by atoms with E-state index in [0.717, 1.165) is 16.2 Å². The Morgan fingerprint density at radius 1 is 1.32 bits per heavy atom. The standard InChI is InChI=1S/C18H19N3O3S/c1-12(15-4-3-11-25-15)19-16(22)9-10-17-20-18(21-24-17)13-5-7-14(23-2)8-6-13/h3-8,11-12H,9-10H2,1-2H3,(H,19,22). The lowest BCUT2D eigenvalue weighted by Gasteiger charge is -2.11. The third kappa shape index (κ3) is 4.45. The molecule has 25 heavy (non-hydrogen) atoms. The minimum Gasteiger partial charge on any atom is -0.497 e. The van der Waals surface area contributed by atoms with Crippen LogP contribution in [0.2, 0.25) is 0 Å². The fourth-order valence-electron chi connectivity index (χ4n) is 2.36. The second kappa shape index (κ2) is 7.94. The van der Waals surface area contributed by atoms with Crippen molar-refractivity contribution in [1.82, 2.24) is 15.5 Å². The number of benzene rings is 1. The number of nitrogens with one attached hydrogen (secondary N) is 1. The number of thiophene rings is 1. The molecule has 1 aromatic carbocycles. The van der Waals surface area contributed by atoms with Gasteiger partial charge in [0.2, 0.25) is 17.6 Å². The molecule has 6 nitrogen and oxygen atoms in total. The quantitative estimate of drug-likeness (QED) is 0.699. The summed E-state index contributed by atoms with van der Waals surface area (Å²) in [6.45, 7) is 1.97. The molecule has 0 bridgehead atoms. The summed E-state index contributed by atoms with van der Waals surface area (Å²) in [5, 5.41) is 8.93. The number of aryl methyl sites for hydroxylation is 1. The van der Waals surface area contributed by atoms with Crippen LogP contribution >= 0.6 is 11.3 Å². The molecule has 2 aromatic heterocycles. The summed E-state index contributed by atoms with van der Waals surface area (Å²) >= 11 is 1.63. The number of ether oxygens (including phenoxy) is 1. The van der Waals surface area contributed by atoms with Crippen molar-refractivity contribution in [1.29, 1.82) is 0 Å². The molecule has 3 rings (SSSR count). The Morgan fingerprint density at radius 2 is 2.12 bits per heavy atom. The second-order valence-electron chi connectivity index (χ2n) is 5.54. The highest BCUT2D eigenvalue weighted by Crippen LogP contribution is 2.20.